The minimum absolute atomic E-state index is 0.0372. The second kappa shape index (κ2) is 9.48. The molecule has 162 valence electrons. The maximum Gasteiger partial charge on any atom is 0.273 e. The van der Waals surface area contributed by atoms with Crippen LogP contribution in [-0.2, 0) is 19.6 Å². The van der Waals surface area contributed by atoms with E-state index in [-0.39, 0.29) is 28.7 Å². The minimum Gasteiger partial charge on any atom is -0.484 e. The molecule has 2 aromatic rings. The Labute approximate surface area is 180 Å². The van der Waals surface area contributed by atoms with Gasteiger partial charge in [0.15, 0.2) is 6.61 Å². The predicted molar refractivity (Wildman–Crippen MR) is 115 cm³/mol. The lowest BCUT2D eigenvalue weighted by molar-refractivity contribution is -0.130. The number of amides is 2. The van der Waals surface area contributed by atoms with Gasteiger partial charge in [-0.3, -0.25) is 13.9 Å². The van der Waals surface area contributed by atoms with Gasteiger partial charge in [-0.1, -0.05) is 6.07 Å². The molecule has 0 saturated carbocycles. The Morgan fingerprint density at radius 1 is 1.20 bits per heavy atom. The van der Waals surface area contributed by atoms with Crippen molar-refractivity contribution in [1.82, 2.24) is 10.2 Å². The number of piperidine rings is 1. The first-order chi connectivity index (χ1) is 14.3. The van der Waals surface area contributed by atoms with Gasteiger partial charge < -0.3 is 15.0 Å². The highest BCUT2D eigenvalue weighted by Gasteiger charge is 2.23. The number of ether oxygens (including phenoxy) is 1. The van der Waals surface area contributed by atoms with Gasteiger partial charge in [0.25, 0.3) is 15.9 Å². The quantitative estimate of drug-likeness (QED) is 0.695. The molecule has 0 unspecified atom stereocenters. The summed E-state index contributed by atoms with van der Waals surface area (Å²) < 4.78 is 32.1. The Hall–Kier alpha value is -2.59. The fraction of sp³-hybridized carbons (Fsp3) is 0.400. The van der Waals surface area contributed by atoms with Gasteiger partial charge in [0, 0.05) is 33.1 Å². The summed E-state index contributed by atoms with van der Waals surface area (Å²) in [6.07, 6.45) is 1.45. The molecule has 1 aromatic carbocycles. The Morgan fingerprint density at radius 3 is 2.43 bits per heavy atom. The molecule has 1 aromatic heterocycles. The van der Waals surface area contributed by atoms with Crippen LogP contribution in [-0.4, -0.2) is 57.9 Å². The van der Waals surface area contributed by atoms with Crippen LogP contribution in [0.3, 0.4) is 0 Å². The highest BCUT2D eigenvalue weighted by Crippen LogP contribution is 2.26. The first kappa shape index (κ1) is 22.1. The predicted octanol–water partition coefficient (Wildman–Crippen LogP) is 2.08. The van der Waals surface area contributed by atoms with Crippen LogP contribution in [0.15, 0.2) is 46.0 Å². The van der Waals surface area contributed by atoms with Crippen molar-refractivity contribution >= 4 is 38.9 Å². The lowest BCUT2D eigenvalue weighted by Gasteiger charge is -2.31. The van der Waals surface area contributed by atoms with Crippen molar-refractivity contribution in [3.63, 3.8) is 0 Å². The third kappa shape index (κ3) is 5.31. The topological polar surface area (TPSA) is 96.0 Å². The molecule has 0 spiro atoms. The normalized spacial score (nSPS) is 14.9. The lowest BCUT2D eigenvalue weighted by Crippen LogP contribution is -2.47. The number of likely N-dealkylation sites (tertiary alicyclic amines) is 1. The van der Waals surface area contributed by atoms with Gasteiger partial charge in [0.1, 0.15) is 9.96 Å². The lowest BCUT2D eigenvalue weighted by atomic mass is 10.1. The third-order valence-electron chi connectivity index (χ3n) is 4.99. The summed E-state index contributed by atoms with van der Waals surface area (Å²) in [6.45, 7) is 2.71. The van der Waals surface area contributed by atoms with Crippen molar-refractivity contribution in [3.05, 3.63) is 41.8 Å². The smallest absolute Gasteiger partial charge is 0.273 e. The van der Waals surface area contributed by atoms with E-state index in [1.165, 1.54) is 11.4 Å². The molecule has 0 aliphatic carbocycles. The Kier molecular flexibility index (Phi) is 6.99. The van der Waals surface area contributed by atoms with Crippen LogP contribution in [0, 0.1) is 0 Å². The Morgan fingerprint density at radius 2 is 1.87 bits per heavy atom. The average molecular weight is 452 g/mol. The number of carbonyl (C=O) groups excluding carboxylic acids is 2. The summed E-state index contributed by atoms with van der Waals surface area (Å²) in [6, 6.07) is 9.83. The van der Waals surface area contributed by atoms with Crippen LogP contribution in [0.5, 0.6) is 5.75 Å². The van der Waals surface area contributed by atoms with Crippen LogP contribution in [0.25, 0.3) is 0 Å². The first-order valence-corrected chi connectivity index (χ1v) is 11.9. The third-order valence-corrected chi connectivity index (χ3v) is 8.14. The van der Waals surface area contributed by atoms with Crippen molar-refractivity contribution in [1.29, 1.82) is 0 Å². The molecule has 0 bridgehead atoms. The summed E-state index contributed by atoms with van der Waals surface area (Å²) in [4.78, 5) is 25.3. The Balaban J connectivity index is 1.49. The molecule has 10 heteroatoms. The molecule has 0 radical (unpaired) electrons. The molecule has 30 heavy (non-hydrogen) atoms. The summed E-state index contributed by atoms with van der Waals surface area (Å²) in [5.74, 6) is 0.306. The van der Waals surface area contributed by atoms with Crippen molar-refractivity contribution in [2.24, 2.45) is 0 Å². The van der Waals surface area contributed by atoms with Gasteiger partial charge in [-0.15, -0.1) is 11.3 Å². The number of nitrogens with zero attached hydrogens (tertiary/aromatic N) is 2. The molecular weight excluding hydrogens is 426 g/mol. The second-order valence-corrected chi connectivity index (χ2v) is 10.2. The summed E-state index contributed by atoms with van der Waals surface area (Å²) in [5, 5.41) is 4.64. The maximum atomic E-state index is 12.6. The highest BCUT2D eigenvalue weighted by molar-refractivity contribution is 7.94. The van der Waals surface area contributed by atoms with Gasteiger partial charge in [-0.25, -0.2) is 8.42 Å². The summed E-state index contributed by atoms with van der Waals surface area (Å²) in [5.41, 5.74) is 0.498. The monoisotopic (exact) mass is 451 g/mol. The van der Waals surface area contributed by atoms with Gasteiger partial charge >= 0.3 is 0 Å². The van der Waals surface area contributed by atoms with Gasteiger partial charge in [0.2, 0.25) is 5.91 Å². The van der Waals surface area contributed by atoms with E-state index in [1.54, 1.807) is 53.6 Å². The summed E-state index contributed by atoms with van der Waals surface area (Å²) >= 11 is 1.16. The number of thiophene rings is 1. The van der Waals surface area contributed by atoms with E-state index >= 15 is 0 Å². The number of sulfonamides is 1. The molecule has 1 fully saturated rings. The fourth-order valence-electron chi connectivity index (χ4n) is 3.19. The van der Waals surface area contributed by atoms with Crippen LogP contribution in [0.1, 0.15) is 19.8 Å². The van der Waals surface area contributed by atoms with E-state index in [2.05, 4.69) is 5.32 Å². The average Bonchev–Trinajstić information content (AvgIpc) is 3.28. The molecule has 1 aliphatic rings. The van der Waals surface area contributed by atoms with E-state index in [0.717, 1.165) is 24.2 Å². The SMILES string of the molecule is CC(=O)N1CCC(NC(=O)COc2ccc(N(C)S(=O)(=O)c3cccs3)cc2)CC1. The number of nitrogens with one attached hydrogen (secondary N) is 1. The standard InChI is InChI=1S/C20H25N3O5S2/c1-15(24)23-11-9-16(10-12-23)21-19(25)14-28-18-7-5-17(6-8-18)22(2)30(26,27)20-4-3-13-29-20/h3-8,13,16H,9-12,14H2,1-2H3,(H,21,25). The number of hydrogen-bond donors (Lipinski definition) is 1. The highest BCUT2D eigenvalue weighted by atomic mass is 32.2. The van der Waals surface area contributed by atoms with Crippen molar-refractivity contribution < 1.29 is 22.7 Å². The minimum atomic E-state index is -3.59. The fourth-order valence-corrected chi connectivity index (χ4v) is 5.55. The van der Waals surface area contributed by atoms with Crippen molar-refractivity contribution in [2.45, 2.75) is 30.0 Å². The van der Waals surface area contributed by atoms with Crippen LogP contribution >= 0.6 is 11.3 Å². The molecular formula is C20H25N3O5S2. The zero-order chi connectivity index (χ0) is 21.7. The molecule has 2 heterocycles. The van der Waals surface area contributed by atoms with E-state index in [9.17, 15) is 18.0 Å². The number of hydrogen-bond acceptors (Lipinski definition) is 6. The van der Waals surface area contributed by atoms with E-state index in [0.29, 0.717) is 24.5 Å². The molecule has 1 saturated heterocycles. The maximum absolute atomic E-state index is 12.6. The van der Waals surface area contributed by atoms with Gasteiger partial charge in [-0.05, 0) is 48.6 Å². The van der Waals surface area contributed by atoms with E-state index in [4.69, 9.17) is 4.74 Å². The molecule has 1 N–H and O–H groups in total. The number of rotatable bonds is 7. The number of benzene rings is 1. The molecule has 0 atom stereocenters. The van der Waals surface area contributed by atoms with E-state index in [1.807, 2.05) is 0 Å². The Bertz CT molecular complexity index is 966. The first-order valence-electron chi connectivity index (χ1n) is 9.57. The van der Waals surface area contributed by atoms with Gasteiger partial charge in [-0.2, -0.15) is 0 Å². The molecule has 2 amide bonds. The summed E-state index contributed by atoms with van der Waals surface area (Å²) in [7, 11) is -2.09. The van der Waals surface area contributed by atoms with Crippen LogP contribution in [0.4, 0.5) is 5.69 Å². The molecule has 8 nitrogen and oxygen atoms in total. The zero-order valence-electron chi connectivity index (χ0n) is 16.9. The van der Waals surface area contributed by atoms with Crippen molar-refractivity contribution in [2.75, 3.05) is 31.0 Å². The largest absolute Gasteiger partial charge is 0.484 e. The van der Waals surface area contributed by atoms with Gasteiger partial charge in [0.05, 0.1) is 5.69 Å². The molecule has 1 aliphatic heterocycles. The van der Waals surface area contributed by atoms with E-state index < -0.39 is 10.0 Å². The number of anilines is 1. The zero-order valence-corrected chi connectivity index (χ0v) is 18.5. The van der Waals surface area contributed by atoms with Crippen LogP contribution in [0.2, 0.25) is 0 Å². The number of carbonyl (C=O) groups is 2. The van der Waals surface area contributed by atoms with Crippen molar-refractivity contribution in [3.8, 4) is 5.75 Å². The molecule has 3 rings (SSSR count). The second-order valence-electron chi connectivity index (χ2n) is 7.04. The van der Waals surface area contributed by atoms with Crippen LogP contribution < -0.4 is 14.4 Å².